The first kappa shape index (κ1) is 15.7. The van der Waals surface area contributed by atoms with Crippen LogP contribution in [0.4, 0.5) is 0 Å². The molecule has 1 aliphatic carbocycles. The van der Waals surface area contributed by atoms with Gasteiger partial charge in [-0.15, -0.1) is 10.2 Å². The van der Waals surface area contributed by atoms with Crippen molar-refractivity contribution in [2.24, 2.45) is 0 Å². The Morgan fingerprint density at radius 2 is 1.78 bits per heavy atom. The molecule has 0 bridgehead atoms. The van der Waals surface area contributed by atoms with Gasteiger partial charge in [-0.3, -0.25) is 4.79 Å². The van der Waals surface area contributed by atoms with E-state index < -0.39 is 0 Å². The van der Waals surface area contributed by atoms with Gasteiger partial charge in [0.15, 0.2) is 0 Å². The van der Waals surface area contributed by atoms with E-state index in [1.54, 1.807) is 0 Å². The van der Waals surface area contributed by atoms with Gasteiger partial charge in [-0.05, 0) is 24.8 Å². The Hall–Kier alpha value is -2.17. The Labute approximate surface area is 136 Å². The van der Waals surface area contributed by atoms with Crippen LogP contribution in [0.1, 0.15) is 60.7 Å². The number of rotatable bonds is 5. The predicted octanol–water partition coefficient (Wildman–Crippen LogP) is 3.31. The minimum Gasteiger partial charge on any atom is -0.417 e. The zero-order valence-corrected chi connectivity index (χ0v) is 13.3. The molecule has 0 saturated heterocycles. The second-order valence-corrected chi connectivity index (χ2v) is 6.15. The quantitative estimate of drug-likeness (QED) is 0.860. The lowest BCUT2D eigenvalue weighted by molar-refractivity contribution is 0.0896. The van der Waals surface area contributed by atoms with E-state index >= 15 is 0 Å². The molecule has 1 N–H and O–H groups in total. The second-order valence-electron chi connectivity index (χ2n) is 6.15. The van der Waals surface area contributed by atoms with Gasteiger partial charge in [0.1, 0.15) is 0 Å². The Kier molecular flexibility index (Phi) is 5.40. The van der Waals surface area contributed by atoms with E-state index in [0.29, 0.717) is 12.3 Å². The minimum atomic E-state index is -0.240. The van der Waals surface area contributed by atoms with Crippen molar-refractivity contribution in [3.63, 3.8) is 0 Å². The maximum atomic E-state index is 12.2. The fourth-order valence-electron chi connectivity index (χ4n) is 3.01. The highest BCUT2D eigenvalue weighted by molar-refractivity contribution is 5.89. The highest BCUT2D eigenvalue weighted by Crippen LogP contribution is 2.17. The molecule has 1 aromatic heterocycles. The largest absolute Gasteiger partial charge is 0.417 e. The number of nitrogens with one attached hydrogen (secondary N) is 1. The Morgan fingerprint density at radius 1 is 1.04 bits per heavy atom. The molecule has 1 fully saturated rings. The molecule has 1 heterocycles. The van der Waals surface area contributed by atoms with Crippen molar-refractivity contribution >= 4 is 5.91 Å². The van der Waals surface area contributed by atoms with Crippen molar-refractivity contribution < 1.29 is 9.21 Å². The van der Waals surface area contributed by atoms with Crippen LogP contribution < -0.4 is 5.32 Å². The molecular weight excluding hydrogens is 290 g/mol. The summed E-state index contributed by atoms with van der Waals surface area (Å²) in [6.45, 7) is 0. The first-order valence-corrected chi connectivity index (χ1v) is 8.48. The van der Waals surface area contributed by atoms with Gasteiger partial charge in [-0.25, -0.2) is 0 Å². The fourth-order valence-corrected chi connectivity index (χ4v) is 3.01. The van der Waals surface area contributed by atoms with E-state index in [0.717, 1.165) is 19.3 Å². The van der Waals surface area contributed by atoms with Crippen LogP contribution in [0.15, 0.2) is 34.7 Å². The number of aryl methyl sites for hydroxylation is 2. The number of hydrogen-bond donors (Lipinski definition) is 1. The lowest BCUT2D eigenvalue weighted by atomic mass is 10.1. The van der Waals surface area contributed by atoms with Crippen molar-refractivity contribution in [3.05, 3.63) is 47.7 Å². The second kappa shape index (κ2) is 7.90. The molecule has 0 spiro atoms. The molecule has 0 radical (unpaired) electrons. The van der Waals surface area contributed by atoms with Crippen LogP contribution in [0, 0.1) is 0 Å². The molecule has 23 heavy (non-hydrogen) atoms. The van der Waals surface area contributed by atoms with Crippen LogP contribution in [0.2, 0.25) is 0 Å². The van der Waals surface area contributed by atoms with Crippen molar-refractivity contribution in [3.8, 4) is 0 Å². The van der Waals surface area contributed by atoms with Gasteiger partial charge in [-0.2, -0.15) is 0 Å². The van der Waals surface area contributed by atoms with Crippen LogP contribution in [0.25, 0.3) is 0 Å². The normalized spacial score (nSPS) is 16.0. The van der Waals surface area contributed by atoms with Crippen molar-refractivity contribution in [1.82, 2.24) is 15.5 Å². The highest BCUT2D eigenvalue weighted by atomic mass is 16.4. The summed E-state index contributed by atoms with van der Waals surface area (Å²) in [5.41, 5.74) is 1.22. The molecule has 3 rings (SSSR count). The molecule has 5 heteroatoms. The van der Waals surface area contributed by atoms with E-state index in [9.17, 15) is 4.79 Å². The molecule has 2 aromatic rings. The zero-order valence-electron chi connectivity index (χ0n) is 13.3. The van der Waals surface area contributed by atoms with Crippen molar-refractivity contribution in [2.75, 3.05) is 0 Å². The third kappa shape index (κ3) is 4.65. The SMILES string of the molecule is O=C(NC1CCCCCC1)c1nnc(CCc2ccccc2)o1. The molecule has 0 atom stereocenters. The molecular formula is C18H23N3O2. The Balaban J connectivity index is 1.52. The van der Waals surface area contributed by atoms with Crippen LogP contribution in [0.3, 0.4) is 0 Å². The molecule has 1 saturated carbocycles. The van der Waals surface area contributed by atoms with Gasteiger partial charge in [-0.1, -0.05) is 56.0 Å². The molecule has 1 amide bonds. The maximum absolute atomic E-state index is 12.2. The average molecular weight is 313 g/mol. The lowest BCUT2D eigenvalue weighted by Gasteiger charge is -2.14. The zero-order chi connectivity index (χ0) is 15.9. The minimum absolute atomic E-state index is 0.0808. The molecule has 1 aromatic carbocycles. The third-order valence-electron chi connectivity index (χ3n) is 4.32. The molecule has 0 unspecified atom stereocenters. The van der Waals surface area contributed by atoms with Crippen LogP contribution in [-0.4, -0.2) is 22.1 Å². The summed E-state index contributed by atoms with van der Waals surface area (Å²) < 4.78 is 5.51. The van der Waals surface area contributed by atoms with E-state index in [-0.39, 0.29) is 17.8 Å². The topological polar surface area (TPSA) is 68.0 Å². The monoisotopic (exact) mass is 313 g/mol. The summed E-state index contributed by atoms with van der Waals surface area (Å²) in [5, 5.41) is 10.9. The first-order chi connectivity index (χ1) is 11.3. The third-order valence-corrected chi connectivity index (χ3v) is 4.32. The number of aromatic nitrogens is 2. The number of carbonyl (C=O) groups is 1. The Bertz CT molecular complexity index is 616. The van der Waals surface area contributed by atoms with E-state index in [2.05, 4.69) is 27.6 Å². The van der Waals surface area contributed by atoms with E-state index in [4.69, 9.17) is 4.42 Å². The van der Waals surface area contributed by atoms with Crippen LogP contribution in [0.5, 0.6) is 0 Å². The molecule has 0 aliphatic heterocycles. The van der Waals surface area contributed by atoms with E-state index in [1.165, 1.54) is 31.2 Å². The van der Waals surface area contributed by atoms with Crippen LogP contribution in [-0.2, 0) is 12.8 Å². The van der Waals surface area contributed by atoms with Gasteiger partial charge in [0.05, 0.1) is 0 Å². The number of amides is 1. The lowest BCUT2D eigenvalue weighted by Crippen LogP contribution is -2.34. The summed E-state index contributed by atoms with van der Waals surface area (Å²) in [7, 11) is 0. The summed E-state index contributed by atoms with van der Waals surface area (Å²) >= 11 is 0. The smallest absolute Gasteiger partial charge is 0.309 e. The summed E-state index contributed by atoms with van der Waals surface area (Å²) in [6.07, 6.45) is 8.43. The van der Waals surface area contributed by atoms with Gasteiger partial charge in [0, 0.05) is 12.5 Å². The van der Waals surface area contributed by atoms with Gasteiger partial charge < -0.3 is 9.73 Å². The van der Waals surface area contributed by atoms with Crippen LogP contribution >= 0.6 is 0 Å². The van der Waals surface area contributed by atoms with Crippen molar-refractivity contribution in [1.29, 1.82) is 0 Å². The number of carbonyl (C=O) groups excluding carboxylic acids is 1. The molecule has 1 aliphatic rings. The highest BCUT2D eigenvalue weighted by Gasteiger charge is 2.20. The number of nitrogens with zero attached hydrogens (tertiary/aromatic N) is 2. The van der Waals surface area contributed by atoms with E-state index in [1.807, 2.05) is 18.2 Å². The van der Waals surface area contributed by atoms with Gasteiger partial charge in [0.25, 0.3) is 0 Å². The fraction of sp³-hybridized carbons (Fsp3) is 0.500. The average Bonchev–Trinajstić information content (AvgIpc) is 2.92. The summed E-state index contributed by atoms with van der Waals surface area (Å²) in [6, 6.07) is 10.4. The van der Waals surface area contributed by atoms with Gasteiger partial charge >= 0.3 is 11.8 Å². The maximum Gasteiger partial charge on any atom is 0.309 e. The summed E-state index contributed by atoms with van der Waals surface area (Å²) in [5.74, 6) is 0.354. The first-order valence-electron chi connectivity index (χ1n) is 8.48. The molecule has 122 valence electrons. The summed E-state index contributed by atoms with van der Waals surface area (Å²) in [4.78, 5) is 12.2. The number of hydrogen-bond acceptors (Lipinski definition) is 4. The van der Waals surface area contributed by atoms with Crippen molar-refractivity contribution in [2.45, 2.75) is 57.4 Å². The van der Waals surface area contributed by atoms with Gasteiger partial charge in [0.2, 0.25) is 5.89 Å². The Morgan fingerprint density at radius 3 is 2.52 bits per heavy atom. The predicted molar refractivity (Wildman–Crippen MR) is 87.1 cm³/mol. The number of benzene rings is 1. The molecule has 5 nitrogen and oxygen atoms in total. The standard InChI is InChI=1S/C18H23N3O2/c22-17(19-15-10-6-1-2-7-11-15)18-21-20-16(23-18)13-12-14-8-4-3-5-9-14/h3-5,8-9,15H,1-2,6-7,10-13H2,(H,19,22).